The Balaban J connectivity index is 1.82. The summed E-state index contributed by atoms with van der Waals surface area (Å²) in [6.45, 7) is 0. The maximum Gasteiger partial charge on any atom is 0.314 e. The normalized spacial score (nSPS) is 20.0. The number of carbonyl (C=O) groups excluding carboxylic acids is 3. The van der Waals surface area contributed by atoms with Crippen LogP contribution >= 0.6 is 23.4 Å². The summed E-state index contributed by atoms with van der Waals surface area (Å²) in [5.74, 6) is -0.515. The van der Waals surface area contributed by atoms with Crippen LogP contribution in [0.5, 0.6) is 5.75 Å². The lowest BCUT2D eigenvalue weighted by Gasteiger charge is -2.23. The number of hydrogen-bond donors (Lipinski definition) is 1. The summed E-state index contributed by atoms with van der Waals surface area (Å²) in [7, 11) is 0. The van der Waals surface area contributed by atoms with Gasteiger partial charge in [-0.25, -0.2) is 0 Å². The predicted octanol–water partition coefficient (Wildman–Crippen LogP) is 3.37. The maximum absolute atomic E-state index is 11.9. The fourth-order valence-corrected chi connectivity index (χ4v) is 3.01. The van der Waals surface area contributed by atoms with Crippen molar-refractivity contribution in [3.63, 3.8) is 0 Å². The molecule has 1 aliphatic carbocycles. The molecular weight excluding hydrogens is 326 g/mol. The van der Waals surface area contributed by atoms with Crippen LogP contribution in [0.15, 0.2) is 23.1 Å². The molecule has 1 heterocycles. The van der Waals surface area contributed by atoms with Crippen molar-refractivity contribution < 1.29 is 19.1 Å². The molecule has 0 unspecified atom stereocenters. The van der Waals surface area contributed by atoms with E-state index in [1.807, 2.05) is 0 Å². The third-order valence-corrected chi connectivity index (χ3v) is 4.79. The summed E-state index contributed by atoms with van der Waals surface area (Å²) in [6, 6.07) is 4.97. The molecule has 5 nitrogen and oxygen atoms in total. The van der Waals surface area contributed by atoms with Gasteiger partial charge in [0.25, 0.3) is 11.1 Å². The molecule has 3 rings (SSSR count). The van der Waals surface area contributed by atoms with Gasteiger partial charge < -0.3 is 4.74 Å². The van der Waals surface area contributed by atoms with E-state index >= 15 is 0 Å². The first-order valence-corrected chi connectivity index (χ1v) is 7.99. The largest absolute Gasteiger partial charge is 0.425 e. The van der Waals surface area contributed by atoms with Gasteiger partial charge in [0.1, 0.15) is 5.75 Å². The van der Waals surface area contributed by atoms with Crippen LogP contribution in [-0.2, 0) is 9.59 Å². The van der Waals surface area contributed by atoms with Crippen LogP contribution in [0.2, 0.25) is 5.02 Å². The SMILES string of the molecule is O=C1NC(=O)/C(=C/c2cccc(OC(=O)C3CCC3)c2Cl)S1. The van der Waals surface area contributed by atoms with Gasteiger partial charge in [-0.05, 0) is 42.3 Å². The number of imide groups is 1. The van der Waals surface area contributed by atoms with Crippen molar-refractivity contribution in [1.29, 1.82) is 0 Å². The third kappa shape index (κ3) is 3.03. The Morgan fingerprint density at radius 3 is 2.73 bits per heavy atom. The molecular formula is C15H12ClNO4S. The minimum absolute atomic E-state index is 0.0492. The van der Waals surface area contributed by atoms with Crippen molar-refractivity contribution in [3.8, 4) is 5.75 Å². The average molecular weight is 338 g/mol. The number of halogens is 1. The van der Waals surface area contributed by atoms with E-state index in [1.165, 1.54) is 6.08 Å². The van der Waals surface area contributed by atoms with E-state index in [4.69, 9.17) is 16.3 Å². The molecule has 1 aromatic carbocycles. The molecule has 1 aromatic rings. The molecule has 0 aromatic heterocycles. The minimum Gasteiger partial charge on any atom is -0.425 e. The lowest BCUT2D eigenvalue weighted by atomic mass is 9.86. The number of nitrogens with one attached hydrogen (secondary N) is 1. The number of thioether (sulfide) groups is 1. The van der Waals surface area contributed by atoms with Gasteiger partial charge in [0, 0.05) is 0 Å². The first-order valence-electron chi connectivity index (χ1n) is 6.79. The van der Waals surface area contributed by atoms with E-state index in [9.17, 15) is 14.4 Å². The highest BCUT2D eigenvalue weighted by molar-refractivity contribution is 8.18. The van der Waals surface area contributed by atoms with Crippen molar-refractivity contribution in [1.82, 2.24) is 5.32 Å². The third-order valence-electron chi connectivity index (χ3n) is 3.57. The van der Waals surface area contributed by atoms with Crippen LogP contribution in [0.1, 0.15) is 24.8 Å². The van der Waals surface area contributed by atoms with Crippen molar-refractivity contribution in [2.75, 3.05) is 0 Å². The number of rotatable bonds is 3. The number of benzene rings is 1. The van der Waals surface area contributed by atoms with Gasteiger partial charge in [0.15, 0.2) is 0 Å². The zero-order valence-corrected chi connectivity index (χ0v) is 13.0. The lowest BCUT2D eigenvalue weighted by molar-refractivity contribution is -0.141. The average Bonchev–Trinajstić information content (AvgIpc) is 2.70. The topological polar surface area (TPSA) is 72.5 Å². The zero-order valence-electron chi connectivity index (χ0n) is 11.4. The zero-order chi connectivity index (χ0) is 15.7. The molecule has 0 radical (unpaired) electrons. The maximum atomic E-state index is 11.9. The molecule has 0 atom stereocenters. The highest BCUT2D eigenvalue weighted by Crippen LogP contribution is 2.34. The smallest absolute Gasteiger partial charge is 0.314 e. The van der Waals surface area contributed by atoms with Crippen LogP contribution < -0.4 is 10.1 Å². The van der Waals surface area contributed by atoms with Crippen molar-refractivity contribution >= 4 is 46.6 Å². The predicted molar refractivity (Wildman–Crippen MR) is 83.5 cm³/mol. The standard InChI is InChI=1S/C15H12ClNO4S/c16-12-9(7-11-13(18)17-15(20)22-11)5-2-6-10(12)21-14(19)8-3-1-4-8/h2,5-8H,1,3-4H2,(H,17,18,20)/b11-7-. The van der Waals surface area contributed by atoms with Crippen molar-refractivity contribution in [2.24, 2.45) is 5.92 Å². The molecule has 1 saturated carbocycles. The fourth-order valence-electron chi connectivity index (χ4n) is 2.12. The van der Waals surface area contributed by atoms with Crippen LogP contribution in [0.3, 0.4) is 0 Å². The summed E-state index contributed by atoms with van der Waals surface area (Å²) >= 11 is 7.04. The summed E-state index contributed by atoms with van der Waals surface area (Å²) in [4.78, 5) is 34.9. The minimum atomic E-state index is -0.456. The molecule has 0 spiro atoms. The molecule has 1 N–H and O–H groups in total. The molecule has 1 aliphatic heterocycles. The molecule has 2 fully saturated rings. The Morgan fingerprint density at radius 1 is 1.36 bits per heavy atom. The molecule has 1 saturated heterocycles. The van der Waals surface area contributed by atoms with E-state index in [1.54, 1.807) is 18.2 Å². The molecule has 22 heavy (non-hydrogen) atoms. The van der Waals surface area contributed by atoms with Crippen LogP contribution in [0.25, 0.3) is 6.08 Å². The second-order valence-corrected chi connectivity index (χ2v) is 6.45. The number of esters is 1. The van der Waals surface area contributed by atoms with E-state index in [2.05, 4.69) is 5.32 Å². The molecule has 7 heteroatoms. The van der Waals surface area contributed by atoms with Gasteiger partial charge in [-0.1, -0.05) is 30.2 Å². The van der Waals surface area contributed by atoms with E-state index < -0.39 is 11.1 Å². The second-order valence-electron chi connectivity index (χ2n) is 5.06. The van der Waals surface area contributed by atoms with E-state index in [-0.39, 0.29) is 27.6 Å². The lowest BCUT2D eigenvalue weighted by Crippen LogP contribution is -2.26. The van der Waals surface area contributed by atoms with Gasteiger partial charge >= 0.3 is 5.97 Å². The number of carbonyl (C=O) groups is 3. The second kappa shape index (κ2) is 6.14. The summed E-state index contributed by atoms with van der Waals surface area (Å²) < 4.78 is 5.33. The van der Waals surface area contributed by atoms with Crippen molar-refractivity contribution in [2.45, 2.75) is 19.3 Å². The Labute approximate surface area is 136 Å². The Morgan fingerprint density at radius 2 is 2.14 bits per heavy atom. The van der Waals surface area contributed by atoms with Crippen LogP contribution in [0, 0.1) is 5.92 Å². The first kappa shape index (κ1) is 15.1. The highest BCUT2D eigenvalue weighted by atomic mass is 35.5. The monoisotopic (exact) mass is 337 g/mol. The summed E-state index contributed by atoms with van der Waals surface area (Å²) in [5.41, 5.74) is 0.521. The van der Waals surface area contributed by atoms with E-state index in [0.717, 1.165) is 31.0 Å². The van der Waals surface area contributed by atoms with Gasteiger partial charge in [-0.3, -0.25) is 19.7 Å². The Hall–Kier alpha value is -1.79. The number of hydrogen-bond acceptors (Lipinski definition) is 5. The Bertz CT molecular complexity index is 697. The molecule has 2 amide bonds. The number of ether oxygens (including phenoxy) is 1. The molecule has 114 valence electrons. The fraction of sp³-hybridized carbons (Fsp3) is 0.267. The van der Waals surface area contributed by atoms with E-state index in [0.29, 0.717) is 5.56 Å². The first-order chi connectivity index (χ1) is 10.5. The Kier molecular flexibility index (Phi) is 4.22. The highest BCUT2D eigenvalue weighted by Gasteiger charge is 2.28. The van der Waals surface area contributed by atoms with Gasteiger partial charge in [0.2, 0.25) is 0 Å². The number of amides is 2. The van der Waals surface area contributed by atoms with Crippen LogP contribution in [0.4, 0.5) is 4.79 Å². The molecule has 0 bridgehead atoms. The van der Waals surface area contributed by atoms with Crippen molar-refractivity contribution in [3.05, 3.63) is 33.7 Å². The van der Waals surface area contributed by atoms with Gasteiger partial charge in [-0.2, -0.15) is 0 Å². The quantitative estimate of drug-likeness (QED) is 0.520. The summed E-state index contributed by atoms with van der Waals surface area (Å²) in [6.07, 6.45) is 4.24. The molecule has 2 aliphatic rings. The summed E-state index contributed by atoms with van der Waals surface area (Å²) in [5, 5.41) is 2.00. The van der Waals surface area contributed by atoms with Crippen LogP contribution in [-0.4, -0.2) is 17.1 Å². The van der Waals surface area contributed by atoms with Gasteiger partial charge in [-0.15, -0.1) is 0 Å². The van der Waals surface area contributed by atoms with Gasteiger partial charge in [0.05, 0.1) is 15.8 Å².